The summed E-state index contributed by atoms with van der Waals surface area (Å²) in [5.74, 6) is 0.968. The molecule has 0 saturated carbocycles. The highest BCUT2D eigenvalue weighted by Crippen LogP contribution is 2.09. The molecule has 1 aliphatic heterocycles. The molecule has 0 spiro atoms. The first kappa shape index (κ1) is 15.4. The molecule has 0 radical (unpaired) electrons. The maximum Gasteiger partial charge on any atom is 0.222 e. The fourth-order valence-electron chi connectivity index (χ4n) is 2.14. The first-order chi connectivity index (χ1) is 8.40. The van der Waals surface area contributed by atoms with Gasteiger partial charge in [0.1, 0.15) is 0 Å². The van der Waals surface area contributed by atoms with Crippen LogP contribution in [0.3, 0.4) is 0 Å². The van der Waals surface area contributed by atoms with E-state index in [0.29, 0.717) is 17.3 Å². The number of hydrogen-bond donors (Lipinski definition) is 1. The van der Waals surface area contributed by atoms with Crippen LogP contribution in [-0.2, 0) is 4.79 Å². The molecule has 0 bridgehead atoms. The predicted octanol–water partition coefficient (Wildman–Crippen LogP) is 1.10. The molecule has 1 aliphatic rings. The van der Waals surface area contributed by atoms with Crippen LogP contribution in [0.2, 0.25) is 0 Å². The molecule has 104 valence electrons. The molecule has 1 atom stereocenters. The Kier molecular flexibility index (Phi) is 6.02. The minimum absolute atomic E-state index is 0.248. The summed E-state index contributed by atoms with van der Waals surface area (Å²) in [5.41, 5.74) is 5.62. The molecule has 0 aromatic heterocycles. The lowest BCUT2D eigenvalue weighted by molar-refractivity contribution is -0.133. The number of amides is 1. The number of hydrogen-bond acceptors (Lipinski definition) is 3. The third-order valence-corrected chi connectivity index (χ3v) is 3.73. The van der Waals surface area contributed by atoms with E-state index < -0.39 is 0 Å². The van der Waals surface area contributed by atoms with Gasteiger partial charge in [-0.15, -0.1) is 0 Å². The lowest BCUT2D eigenvalue weighted by atomic mass is 10.1. The molecular weight excluding hydrogens is 246 g/mol. The third kappa shape index (κ3) is 4.90. The van der Waals surface area contributed by atoms with E-state index in [4.69, 9.17) is 18.0 Å². The first-order valence-electron chi connectivity index (χ1n) is 6.69. The zero-order valence-electron chi connectivity index (χ0n) is 11.7. The smallest absolute Gasteiger partial charge is 0.222 e. The summed E-state index contributed by atoms with van der Waals surface area (Å²) in [5, 5.41) is 0. The Morgan fingerprint density at radius 3 is 2.22 bits per heavy atom. The summed E-state index contributed by atoms with van der Waals surface area (Å²) in [6.45, 7) is 10.6. The average Bonchev–Trinajstić information content (AvgIpc) is 2.28. The fourth-order valence-corrected chi connectivity index (χ4v) is 2.21. The number of carbonyl (C=O) groups is 1. The molecule has 0 aromatic rings. The van der Waals surface area contributed by atoms with E-state index in [9.17, 15) is 4.79 Å². The van der Waals surface area contributed by atoms with Gasteiger partial charge in [-0.25, -0.2) is 0 Å². The number of rotatable bonds is 5. The Balaban J connectivity index is 2.32. The van der Waals surface area contributed by atoms with E-state index in [2.05, 4.69) is 25.7 Å². The minimum atomic E-state index is 0.248. The Labute approximate surface area is 115 Å². The molecule has 4 nitrogen and oxygen atoms in total. The number of carbonyl (C=O) groups excluding carboxylic acids is 1. The van der Waals surface area contributed by atoms with Crippen LogP contribution in [-0.4, -0.2) is 53.4 Å². The van der Waals surface area contributed by atoms with Crippen LogP contribution < -0.4 is 5.73 Å². The summed E-state index contributed by atoms with van der Waals surface area (Å²) in [7, 11) is 0. The van der Waals surface area contributed by atoms with Crippen molar-refractivity contribution in [3.8, 4) is 0 Å². The van der Waals surface area contributed by atoms with Gasteiger partial charge in [0.25, 0.3) is 0 Å². The van der Waals surface area contributed by atoms with Crippen LogP contribution >= 0.6 is 12.2 Å². The van der Waals surface area contributed by atoms with Crippen molar-refractivity contribution in [2.24, 2.45) is 17.6 Å². The van der Waals surface area contributed by atoms with Gasteiger partial charge in [-0.3, -0.25) is 9.69 Å². The Bertz CT molecular complexity index is 299. The number of piperazine rings is 1. The molecule has 2 N–H and O–H groups in total. The van der Waals surface area contributed by atoms with Crippen molar-refractivity contribution in [2.45, 2.75) is 27.2 Å². The number of nitrogens with zero attached hydrogens (tertiary/aromatic N) is 2. The molecule has 1 unspecified atom stereocenters. The molecule has 1 heterocycles. The lowest BCUT2D eigenvalue weighted by Gasteiger charge is -2.36. The molecule has 1 amide bonds. The predicted molar refractivity (Wildman–Crippen MR) is 78.4 cm³/mol. The van der Waals surface area contributed by atoms with E-state index in [0.717, 1.165) is 32.7 Å². The maximum absolute atomic E-state index is 11.9. The second kappa shape index (κ2) is 7.04. The zero-order chi connectivity index (χ0) is 13.7. The third-order valence-electron chi connectivity index (χ3n) is 3.33. The molecule has 1 saturated heterocycles. The van der Waals surface area contributed by atoms with Crippen molar-refractivity contribution >= 4 is 23.1 Å². The van der Waals surface area contributed by atoms with E-state index in [1.165, 1.54) is 0 Å². The summed E-state index contributed by atoms with van der Waals surface area (Å²) in [6, 6.07) is 0. The average molecular weight is 271 g/mol. The van der Waals surface area contributed by atoms with Gasteiger partial charge in [0.2, 0.25) is 5.91 Å². The van der Waals surface area contributed by atoms with Crippen LogP contribution in [0, 0.1) is 11.8 Å². The molecular formula is C13H25N3OS. The van der Waals surface area contributed by atoms with Gasteiger partial charge >= 0.3 is 0 Å². The van der Waals surface area contributed by atoms with Crippen LogP contribution in [0.5, 0.6) is 0 Å². The molecule has 0 aromatic carbocycles. The summed E-state index contributed by atoms with van der Waals surface area (Å²) >= 11 is 4.99. The Hall–Kier alpha value is -0.680. The van der Waals surface area contributed by atoms with Crippen LogP contribution in [0.4, 0.5) is 0 Å². The molecule has 1 rings (SSSR count). The van der Waals surface area contributed by atoms with Gasteiger partial charge in [-0.1, -0.05) is 33.0 Å². The monoisotopic (exact) mass is 271 g/mol. The SMILES string of the molecule is CC(C)CC(=O)N1CCN(CC(C)C(N)=S)CC1. The quantitative estimate of drug-likeness (QED) is 0.761. The highest BCUT2D eigenvalue weighted by atomic mass is 32.1. The summed E-state index contributed by atoms with van der Waals surface area (Å²) in [6.07, 6.45) is 0.656. The fraction of sp³-hybridized carbons (Fsp3) is 0.846. The first-order valence-corrected chi connectivity index (χ1v) is 7.10. The summed E-state index contributed by atoms with van der Waals surface area (Å²) in [4.78, 5) is 16.8. The van der Waals surface area contributed by atoms with Crippen molar-refractivity contribution < 1.29 is 4.79 Å². The minimum Gasteiger partial charge on any atom is -0.393 e. The van der Waals surface area contributed by atoms with Gasteiger partial charge < -0.3 is 10.6 Å². The van der Waals surface area contributed by atoms with Crippen molar-refractivity contribution in [1.82, 2.24) is 9.80 Å². The standard InChI is InChI=1S/C13H25N3OS/c1-10(2)8-12(17)16-6-4-15(5-7-16)9-11(3)13(14)18/h10-11H,4-9H2,1-3H3,(H2,14,18). The van der Waals surface area contributed by atoms with Gasteiger partial charge in [-0.2, -0.15) is 0 Å². The van der Waals surface area contributed by atoms with Crippen LogP contribution in [0.25, 0.3) is 0 Å². The topological polar surface area (TPSA) is 49.6 Å². The van der Waals surface area contributed by atoms with E-state index >= 15 is 0 Å². The van der Waals surface area contributed by atoms with Crippen molar-refractivity contribution in [1.29, 1.82) is 0 Å². The Morgan fingerprint density at radius 1 is 1.22 bits per heavy atom. The van der Waals surface area contributed by atoms with E-state index in [1.807, 2.05) is 4.90 Å². The summed E-state index contributed by atoms with van der Waals surface area (Å²) < 4.78 is 0. The van der Waals surface area contributed by atoms with Crippen molar-refractivity contribution in [3.63, 3.8) is 0 Å². The van der Waals surface area contributed by atoms with Crippen LogP contribution in [0.1, 0.15) is 27.2 Å². The highest BCUT2D eigenvalue weighted by Gasteiger charge is 2.22. The van der Waals surface area contributed by atoms with Gasteiger partial charge in [0, 0.05) is 45.1 Å². The van der Waals surface area contributed by atoms with E-state index in [1.54, 1.807) is 0 Å². The molecule has 0 aliphatic carbocycles. The second-order valence-corrected chi connectivity index (χ2v) is 6.05. The largest absolute Gasteiger partial charge is 0.393 e. The van der Waals surface area contributed by atoms with Crippen molar-refractivity contribution in [3.05, 3.63) is 0 Å². The molecule has 5 heteroatoms. The molecule has 18 heavy (non-hydrogen) atoms. The Morgan fingerprint density at radius 2 is 1.78 bits per heavy atom. The van der Waals surface area contributed by atoms with Crippen LogP contribution in [0.15, 0.2) is 0 Å². The van der Waals surface area contributed by atoms with Gasteiger partial charge in [0.15, 0.2) is 0 Å². The lowest BCUT2D eigenvalue weighted by Crippen LogP contribution is -2.50. The second-order valence-electron chi connectivity index (χ2n) is 5.58. The number of thiocarbonyl (C=S) groups is 1. The van der Waals surface area contributed by atoms with Gasteiger partial charge in [0.05, 0.1) is 4.99 Å². The number of nitrogens with two attached hydrogens (primary N) is 1. The molecule has 1 fully saturated rings. The maximum atomic E-state index is 11.9. The van der Waals surface area contributed by atoms with Gasteiger partial charge in [-0.05, 0) is 5.92 Å². The normalized spacial score (nSPS) is 19.0. The van der Waals surface area contributed by atoms with E-state index in [-0.39, 0.29) is 11.8 Å². The van der Waals surface area contributed by atoms with Crippen molar-refractivity contribution in [2.75, 3.05) is 32.7 Å². The zero-order valence-corrected chi connectivity index (χ0v) is 12.5. The highest BCUT2D eigenvalue weighted by molar-refractivity contribution is 7.80.